The number of rotatable bonds is 3. The van der Waals surface area contributed by atoms with Crippen molar-refractivity contribution < 1.29 is 4.79 Å². The van der Waals surface area contributed by atoms with Crippen LogP contribution in [0, 0.1) is 6.92 Å². The zero-order valence-electron chi connectivity index (χ0n) is 14.1. The standard InChI is InChI=1S/C20H16N4OS/c1-12-4-6-14(7-5-12)23-19(25)18-17(21)15-8-9-16(24-20(15)26-18)13-3-2-10-22-11-13/h2-11H,21H2,1H3,(H,23,25). The van der Waals surface area contributed by atoms with Crippen LogP contribution in [0.4, 0.5) is 11.4 Å². The molecular weight excluding hydrogens is 344 g/mol. The Labute approximate surface area is 154 Å². The van der Waals surface area contributed by atoms with Gasteiger partial charge < -0.3 is 11.1 Å². The molecule has 0 aliphatic rings. The van der Waals surface area contributed by atoms with Crippen LogP contribution in [0.2, 0.25) is 0 Å². The van der Waals surface area contributed by atoms with Gasteiger partial charge in [-0.15, -0.1) is 11.3 Å². The lowest BCUT2D eigenvalue weighted by Gasteiger charge is -2.04. The minimum Gasteiger partial charge on any atom is -0.397 e. The Morgan fingerprint density at radius 2 is 1.92 bits per heavy atom. The second-order valence-electron chi connectivity index (χ2n) is 5.96. The molecule has 5 nitrogen and oxygen atoms in total. The van der Waals surface area contributed by atoms with E-state index in [9.17, 15) is 4.79 Å². The summed E-state index contributed by atoms with van der Waals surface area (Å²) in [6.07, 6.45) is 3.48. The lowest BCUT2D eigenvalue weighted by molar-refractivity contribution is 0.103. The molecule has 0 aliphatic heterocycles. The maximum Gasteiger partial charge on any atom is 0.267 e. The summed E-state index contributed by atoms with van der Waals surface area (Å²) in [5.41, 5.74) is 10.3. The molecule has 6 heteroatoms. The van der Waals surface area contributed by atoms with Gasteiger partial charge in [0.05, 0.1) is 11.4 Å². The average Bonchev–Trinajstić information content (AvgIpc) is 3.00. The van der Waals surface area contributed by atoms with Crippen molar-refractivity contribution in [3.63, 3.8) is 0 Å². The molecular formula is C20H16N4OS. The van der Waals surface area contributed by atoms with Gasteiger partial charge in [0, 0.05) is 29.0 Å². The summed E-state index contributed by atoms with van der Waals surface area (Å²) < 4.78 is 0. The summed E-state index contributed by atoms with van der Waals surface area (Å²) in [6.45, 7) is 2.00. The molecule has 3 heterocycles. The third-order valence-electron chi connectivity index (χ3n) is 4.07. The predicted molar refractivity (Wildman–Crippen MR) is 106 cm³/mol. The summed E-state index contributed by atoms with van der Waals surface area (Å²) in [5, 5.41) is 3.68. The Balaban J connectivity index is 1.68. The average molecular weight is 360 g/mol. The number of nitrogens with two attached hydrogens (primary N) is 1. The minimum atomic E-state index is -0.225. The number of carbonyl (C=O) groups is 1. The molecule has 3 aromatic heterocycles. The number of aromatic nitrogens is 2. The van der Waals surface area contributed by atoms with Crippen LogP contribution in [-0.4, -0.2) is 15.9 Å². The van der Waals surface area contributed by atoms with Crippen molar-refractivity contribution in [2.45, 2.75) is 6.92 Å². The topological polar surface area (TPSA) is 80.9 Å². The molecule has 0 saturated carbocycles. The van der Waals surface area contributed by atoms with Gasteiger partial charge in [-0.3, -0.25) is 9.78 Å². The van der Waals surface area contributed by atoms with E-state index in [1.54, 1.807) is 12.4 Å². The fourth-order valence-electron chi connectivity index (χ4n) is 2.67. The van der Waals surface area contributed by atoms with Crippen molar-refractivity contribution in [2.75, 3.05) is 11.1 Å². The molecule has 4 aromatic rings. The smallest absolute Gasteiger partial charge is 0.267 e. The van der Waals surface area contributed by atoms with E-state index in [4.69, 9.17) is 5.73 Å². The Kier molecular flexibility index (Phi) is 4.10. The first-order valence-corrected chi connectivity index (χ1v) is 8.91. The zero-order valence-corrected chi connectivity index (χ0v) is 14.9. The molecule has 3 N–H and O–H groups in total. The molecule has 0 atom stereocenters. The molecule has 0 aliphatic carbocycles. The normalized spacial score (nSPS) is 10.8. The maximum absolute atomic E-state index is 12.6. The number of fused-ring (bicyclic) bond motifs is 1. The van der Waals surface area contributed by atoms with Gasteiger partial charge in [0.1, 0.15) is 9.71 Å². The summed E-state index contributed by atoms with van der Waals surface area (Å²) >= 11 is 1.29. The first kappa shape index (κ1) is 16.2. The number of thiophene rings is 1. The number of hydrogen-bond acceptors (Lipinski definition) is 5. The van der Waals surface area contributed by atoms with Crippen molar-refractivity contribution in [1.29, 1.82) is 0 Å². The number of nitrogens with one attached hydrogen (secondary N) is 1. The van der Waals surface area contributed by atoms with Crippen LogP contribution >= 0.6 is 11.3 Å². The predicted octanol–water partition coefficient (Wildman–Crippen LogP) is 4.50. The van der Waals surface area contributed by atoms with Gasteiger partial charge in [-0.1, -0.05) is 17.7 Å². The van der Waals surface area contributed by atoms with E-state index in [-0.39, 0.29) is 5.91 Å². The van der Waals surface area contributed by atoms with Crippen LogP contribution in [0.1, 0.15) is 15.2 Å². The fraction of sp³-hybridized carbons (Fsp3) is 0.0500. The van der Waals surface area contributed by atoms with Crippen LogP contribution in [-0.2, 0) is 0 Å². The molecule has 0 bridgehead atoms. The van der Waals surface area contributed by atoms with E-state index in [1.165, 1.54) is 11.3 Å². The quantitative estimate of drug-likeness (QED) is 0.563. The first-order valence-electron chi connectivity index (χ1n) is 8.09. The number of pyridine rings is 2. The molecule has 1 aromatic carbocycles. The third-order valence-corrected chi connectivity index (χ3v) is 5.18. The highest BCUT2D eigenvalue weighted by molar-refractivity contribution is 7.21. The van der Waals surface area contributed by atoms with Gasteiger partial charge in [-0.05, 0) is 43.3 Å². The van der Waals surface area contributed by atoms with Crippen LogP contribution in [0.5, 0.6) is 0 Å². The Hall–Kier alpha value is -3.25. The molecule has 1 amide bonds. The number of amides is 1. The van der Waals surface area contributed by atoms with E-state index < -0.39 is 0 Å². The van der Waals surface area contributed by atoms with Gasteiger partial charge in [0.2, 0.25) is 0 Å². The van der Waals surface area contributed by atoms with E-state index in [0.29, 0.717) is 10.6 Å². The number of carbonyl (C=O) groups excluding carboxylic acids is 1. The van der Waals surface area contributed by atoms with E-state index in [1.807, 2.05) is 55.5 Å². The zero-order chi connectivity index (χ0) is 18.1. The summed E-state index contributed by atoms with van der Waals surface area (Å²) in [4.78, 5) is 22.6. The largest absolute Gasteiger partial charge is 0.397 e. The Morgan fingerprint density at radius 1 is 1.12 bits per heavy atom. The third kappa shape index (κ3) is 3.02. The van der Waals surface area contributed by atoms with Crippen LogP contribution in [0.25, 0.3) is 21.5 Å². The van der Waals surface area contributed by atoms with Gasteiger partial charge in [0.15, 0.2) is 0 Å². The van der Waals surface area contributed by atoms with Gasteiger partial charge in [0.25, 0.3) is 5.91 Å². The van der Waals surface area contributed by atoms with E-state index in [2.05, 4.69) is 15.3 Å². The maximum atomic E-state index is 12.6. The molecule has 4 rings (SSSR count). The number of benzene rings is 1. The second kappa shape index (κ2) is 6.57. The van der Waals surface area contributed by atoms with Crippen LogP contribution in [0.15, 0.2) is 60.9 Å². The molecule has 0 unspecified atom stereocenters. The number of hydrogen-bond donors (Lipinski definition) is 2. The SMILES string of the molecule is Cc1ccc(NC(=O)c2sc3nc(-c4cccnc4)ccc3c2N)cc1. The van der Waals surface area contributed by atoms with Crippen molar-refractivity contribution in [1.82, 2.24) is 9.97 Å². The van der Waals surface area contributed by atoms with Gasteiger partial charge >= 0.3 is 0 Å². The number of anilines is 2. The summed E-state index contributed by atoms with van der Waals surface area (Å²) in [5.74, 6) is -0.225. The van der Waals surface area contributed by atoms with Crippen LogP contribution in [0.3, 0.4) is 0 Å². The Morgan fingerprint density at radius 3 is 2.65 bits per heavy atom. The highest BCUT2D eigenvalue weighted by atomic mass is 32.1. The Bertz CT molecular complexity index is 1090. The monoisotopic (exact) mass is 360 g/mol. The summed E-state index contributed by atoms with van der Waals surface area (Å²) in [7, 11) is 0. The van der Waals surface area contributed by atoms with E-state index >= 15 is 0 Å². The van der Waals surface area contributed by atoms with E-state index in [0.717, 1.165) is 32.7 Å². The first-order chi connectivity index (χ1) is 12.6. The highest BCUT2D eigenvalue weighted by Crippen LogP contribution is 2.34. The van der Waals surface area contributed by atoms with Crippen molar-refractivity contribution >= 4 is 38.8 Å². The van der Waals surface area contributed by atoms with Crippen molar-refractivity contribution in [3.05, 3.63) is 71.4 Å². The number of aryl methyl sites for hydroxylation is 1. The van der Waals surface area contributed by atoms with Crippen LogP contribution < -0.4 is 11.1 Å². The van der Waals surface area contributed by atoms with Gasteiger partial charge in [-0.25, -0.2) is 4.98 Å². The minimum absolute atomic E-state index is 0.225. The lowest BCUT2D eigenvalue weighted by Crippen LogP contribution is -2.11. The molecule has 0 saturated heterocycles. The van der Waals surface area contributed by atoms with Crippen molar-refractivity contribution in [3.8, 4) is 11.3 Å². The molecule has 0 spiro atoms. The number of nitrogens with zero attached hydrogens (tertiary/aromatic N) is 2. The lowest BCUT2D eigenvalue weighted by atomic mass is 10.1. The van der Waals surface area contributed by atoms with Gasteiger partial charge in [-0.2, -0.15) is 0 Å². The molecule has 0 radical (unpaired) electrons. The molecule has 26 heavy (non-hydrogen) atoms. The fourth-order valence-corrected chi connectivity index (χ4v) is 3.65. The molecule has 128 valence electrons. The number of nitrogen functional groups attached to an aromatic ring is 1. The second-order valence-corrected chi connectivity index (χ2v) is 6.95. The highest BCUT2D eigenvalue weighted by Gasteiger charge is 2.18. The van der Waals surface area contributed by atoms with Crippen molar-refractivity contribution in [2.24, 2.45) is 0 Å². The molecule has 0 fully saturated rings. The summed E-state index contributed by atoms with van der Waals surface area (Å²) in [6, 6.07) is 15.2.